The van der Waals surface area contributed by atoms with E-state index in [1.807, 2.05) is 26.0 Å². The van der Waals surface area contributed by atoms with Crippen LogP contribution in [0.4, 0.5) is 4.79 Å². The first-order valence-corrected chi connectivity index (χ1v) is 27.3. The molecule has 4 aliphatic rings. The summed E-state index contributed by atoms with van der Waals surface area (Å²) in [5.41, 5.74) is 13.3. The number of aryl methyl sites for hydroxylation is 2. The number of aliphatic carboxylic acids is 1. The molecule has 3 aromatic rings. The molecule has 8 bridgehead atoms. The number of carboxylic acid groups (broad SMARTS) is 1. The van der Waals surface area contributed by atoms with Crippen molar-refractivity contribution in [3.8, 4) is 0 Å². The van der Waals surface area contributed by atoms with Crippen molar-refractivity contribution >= 4 is 87.1 Å². The number of hydrogen-bond acceptors (Lipinski definition) is 15. The third-order valence-corrected chi connectivity index (χ3v) is 15.6. The Hall–Kier alpha value is -8.75. The van der Waals surface area contributed by atoms with Crippen LogP contribution in [-0.4, -0.2) is 153 Å². The minimum atomic E-state index is -2.84. The Morgan fingerprint density at radius 3 is 2.04 bits per heavy atom. The van der Waals surface area contributed by atoms with E-state index in [4.69, 9.17) is 26.2 Å². The first-order chi connectivity index (χ1) is 38.9. The molecule has 3 aromatic heterocycles. The summed E-state index contributed by atoms with van der Waals surface area (Å²) in [5.74, 6) is -9.09. The number of esters is 1. The van der Waals surface area contributed by atoms with Gasteiger partial charge in [0.05, 0.1) is 42.4 Å². The molecule has 0 aromatic carbocycles. The third-order valence-electron chi connectivity index (χ3n) is 15.6. The zero-order valence-electron chi connectivity index (χ0n) is 46.8. The number of guanidine groups is 1. The number of rotatable bonds is 19. The number of aromatic nitrogens is 4. The molecule has 8 atom stereocenters. The summed E-state index contributed by atoms with van der Waals surface area (Å²) in [5, 5.41) is 39.7. The predicted molar refractivity (Wildman–Crippen MR) is 297 cm³/mol. The zero-order chi connectivity index (χ0) is 59.9. The number of nitrogens with one attached hydrogen (secondary N) is 9. The molecule has 82 heavy (non-hydrogen) atoms. The van der Waals surface area contributed by atoms with Crippen LogP contribution in [0.3, 0.4) is 0 Å². The van der Waals surface area contributed by atoms with Gasteiger partial charge < -0.3 is 73.6 Å². The molecule has 0 radical (unpaired) electrons. The number of H-pyrrole nitrogens is 2. The summed E-state index contributed by atoms with van der Waals surface area (Å²) < 4.78 is 5.08. The van der Waals surface area contributed by atoms with Crippen LogP contribution in [-0.2, 0) is 43.9 Å². The van der Waals surface area contributed by atoms with Crippen molar-refractivity contribution in [2.24, 2.45) is 16.5 Å². The van der Waals surface area contributed by atoms with Gasteiger partial charge in [-0.2, -0.15) is 0 Å². The predicted octanol–water partition coefficient (Wildman–Crippen LogP) is 0.964. The lowest BCUT2D eigenvalue weighted by atomic mass is 9.83. The van der Waals surface area contributed by atoms with E-state index < -0.39 is 102 Å². The second-order valence-electron chi connectivity index (χ2n) is 21.1. The Bertz CT molecular complexity index is 3290. The molecule has 27 nitrogen and oxygen atoms in total. The topological polar surface area (TPSA) is 426 Å². The molecule has 440 valence electrons. The fraction of sp³-hybridized carbons (Fsp3) is 0.509. The molecule has 0 spiro atoms. The van der Waals surface area contributed by atoms with Crippen molar-refractivity contribution in [3.05, 3.63) is 68.8 Å². The number of aliphatic imine (C=N–C) groups is 1. The Balaban J connectivity index is 1.05. The number of carbonyl (C=O) groups excluding carboxylic acids is 9. The molecule has 27 heteroatoms. The summed E-state index contributed by atoms with van der Waals surface area (Å²) in [7, 11) is 1.06. The maximum Gasteiger partial charge on any atom is 0.351 e. The van der Waals surface area contributed by atoms with Crippen LogP contribution in [0.25, 0.3) is 22.1 Å². The number of carbonyl (C=O) groups is 10. The number of nitrogens with zero attached hydrogens (tertiary/aromatic N) is 3. The van der Waals surface area contributed by atoms with Gasteiger partial charge in [0.2, 0.25) is 35.3 Å². The number of hydrogen-bond donors (Lipinski definition) is 13. The number of nitrogens with two attached hydrogens (primary N) is 2. The van der Waals surface area contributed by atoms with E-state index in [1.165, 1.54) is 6.92 Å². The average molecular weight is 1140 g/mol. The Labute approximate surface area is 471 Å². The highest BCUT2D eigenvalue weighted by atomic mass is 16.5. The molecule has 15 N–H and O–H groups in total. The number of unbranched alkanes of at least 4 members (excludes halogenated alkanes) is 1. The van der Waals surface area contributed by atoms with E-state index in [-0.39, 0.29) is 111 Å². The maximum atomic E-state index is 14.5. The van der Waals surface area contributed by atoms with E-state index in [0.29, 0.717) is 38.9 Å². The number of fused-ring (bicyclic) bond motifs is 8. The number of amides is 7. The molecule has 1 saturated heterocycles. The van der Waals surface area contributed by atoms with Crippen molar-refractivity contribution in [2.75, 3.05) is 39.8 Å². The average Bonchev–Trinajstić information content (AvgIpc) is 4.29. The Morgan fingerprint density at radius 1 is 0.756 bits per heavy atom. The summed E-state index contributed by atoms with van der Waals surface area (Å²) in [6.07, 6.45) is 0.505. The van der Waals surface area contributed by atoms with Crippen molar-refractivity contribution in [2.45, 2.75) is 140 Å². The van der Waals surface area contributed by atoms with Crippen LogP contribution in [0.1, 0.15) is 163 Å². The van der Waals surface area contributed by atoms with Crippen LogP contribution < -0.4 is 48.7 Å². The number of aliphatic hydroxyl groups is 1. The SMILES string of the molecule is CC[C@H]1c2cc3[nH]c4c(c3C)C(=O)C(O)(C(=O)OC)c4c3nc(cc4[nH]c(cc(n2)[C@@H]1C)c(C(C)=O)c4C)[C@@H](C)[C@@H]3CC(=O)NCCNC(=O)NCCCC[C@@H]1NC(=O)[C@H](CC(=O)O)NC(=O)CNC(=O)[C@H](CCCN=C(N)N)NC1=O. The second-order valence-corrected chi connectivity index (χ2v) is 21.1. The maximum absolute atomic E-state index is 14.5. The normalized spacial score (nSPS) is 22.5. The van der Waals surface area contributed by atoms with Crippen molar-refractivity contribution in [1.82, 2.24) is 57.2 Å². The minimum Gasteiger partial charge on any atom is -0.481 e. The lowest BCUT2D eigenvalue weighted by molar-refractivity contribution is -0.157. The van der Waals surface area contributed by atoms with Gasteiger partial charge in [0.15, 0.2) is 11.7 Å². The quantitative estimate of drug-likeness (QED) is 0.0199. The number of Topliss-reactive ketones (excluding diaryl/α,β-unsaturated/α-hetero) is 2. The molecule has 0 saturated carbocycles. The largest absolute Gasteiger partial charge is 0.481 e. The van der Waals surface area contributed by atoms with Gasteiger partial charge in [-0.3, -0.25) is 53.3 Å². The molecular formula is C55H72N14O13. The number of ether oxygens (including phenoxy) is 1. The summed E-state index contributed by atoms with van der Waals surface area (Å²) in [6, 6.07) is 0.911. The highest BCUT2D eigenvalue weighted by Gasteiger charge is 2.57. The highest BCUT2D eigenvalue weighted by molar-refractivity contribution is 6.26. The molecule has 1 unspecified atom stereocenters. The van der Waals surface area contributed by atoms with Gasteiger partial charge in [-0.1, -0.05) is 20.8 Å². The summed E-state index contributed by atoms with van der Waals surface area (Å²) in [4.78, 5) is 153. The van der Waals surface area contributed by atoms with E-state index in [0.717, 1.165) is 24.9 Å². The molecule has 7 rings (SSSR count). The van der Waals surface area contributed by atoms with Crippen LogP contribution in [0.2, 0.25) is 0 Å². The smallest absolute Gasteiger partial charge is 0.351 e. The van der Waals surface area contributed by atoms with Gasteiger partial charge in [0, 0.05) is 95.5 Å². The van der Waals surface area contributed by atoms with Crippen LogP contribution in [0.15, 0.2) is 23.2 Å². The lowest BCUT2D eigenvalue weighted by Crippen LogP contribution is -2.59. The Kier molecular flexibility index (Phi) is 19.1. The van der Waals surface area contributed by atoms with Crippen LogP contribution in [0.5, 0.6) is 0 Å². The van der Waals surface area contributed by atoms with Crippen molar-refractivity contribution in [3.63, 3.8) is 0 Å². The van der Waals surface area contributed by atoms with Gasteiger partial charge in [-0.05, 0) is 88.6 Å². The molecule has 3 aliphatic heterocycles. The molecular weight excluding hydrogens is 1060 g/mol. The number of methoxy groups -OCH3 is 1. The van der Waals surface area contributed by atoms with E-state index in [9.17, 15) is 58.2 Å². The van der Waals surface area contributed by atoms with Gasteiger partial charge in [-0.15, -0.1) is 0 Å². The van der Waals surface area contributed by atoms with Crippen LogP contribution in [0, 0.1) is 13.8 Å². The number of urea groups is 1. The third kappa shape index (κ3) is 13.0. The molecule has 6 heterocycles. The monoisotopic (exact) mass is 1140 g/mol. The number of carboxylic acids is 1. The van der Waals surface area contributed by atoms with Gasteiger partial charge >= 0.3 is 18.0 Å². The first kappa shape index (κ1) is 60.9. The summed E-state index contributed by atoms with van der Waals surface area (Å²) >= 11 is 0. The van der Waals surface area contributed by atoms with E-state index >= 15 is 0 Å². The van der Waals surface area contributed by atoms with E-state index in [1.54, 1.807) is 13.0 Å². The minimum absolute atomic E-state index is 0.0179. The number of aromatic amines is 2. The molecule has 7 amide bonds. The highest BCUT2D eigenvalue weighted by Crippen LogP contribution is 2.49. The van der Waals surface area contributed by atoms with Gasteiger partial charge in [-0.25, -0.2) is 9.59 Å². The standard InChI is InChI=1S/C55H72N14O13/c1-8-29-24(2)33-21-38-43(28(6)70)26(4)35(64-38)19-34-25(3)30(46(66-34)45-47-44(48(75)55(45,81)52(79)82-7)27(5)36(67-47)20-37(29)63-33)18-40(71)58-16-17-61-54(80)60-14-10-9-12-32-50(77)68-31(13-11-15-59-53(56)57)49(76)62-23-41(72)65-39(22-42(73)74)51(78)69-32/h19-21,24-25,29-32,39,64,67,81H,8-18,22-23H2,1-7H3,(H,58,71)(H,62,76)(H,65,72)(H,68,77)(H,69,78)(H,73,74)(H4,56,57,59)(H2,60,61,80)/t24-,25+,29-,30+,31+,32+,39+,55?/m1/s1. The van der Waals surface area contributed by atoms with Gasteiger partial charge in [0.25, 0.3) is 5.60 Å². The molecule has 1 fully saturated rings. The second kappa shape index (κ2) is 25.8. The van der Waals surface area contributed by atoms with E-state index in [2.05, 4.69) is 66.0 Å². The fourth-order valence-electron chi connectivity index (χ4n) is 11.1. The van der Waals surface area contributed by atoms with Crippen molar-refractivity contribution in [1.29, 1.82) is 0 Å². The fourth-order valence-corrected chi connectivity index (χ4v) is 11.1. The zero-order valence-corrected chi connectivity index (χ0v) is 46.8. The number of ketones is 2. The Morgan fingerprint density at radius 2 is 1.37 bits per heavy atom. The first-order valence-electron chi connectivity index (χ1n) is 27.3. The lowest BCUT2D eigenvalue weighted by Gasteiger charge is -2.26. The molecule has 1 aliphatic carbocycles. The van der Waals surface area contributed by atoms with Crippen LogP contribution >= 0.6 is 0 Å². The summed E-state index contributed by atoms with van der Waals surface area (Å²) in [6.45, 7) is 10.5. The van der Waals surface area contributed by atoms with Crippen molar-refractivity contribution < 1.29 is 62.9 Å². The van der Waals surface area contributed by atoms with Gasteiger partial charge in [0.1, 0.15) is 18.1 Å².